The fourth-order valence-electron chi connectivity index (χ4n) is 1.06. The Balaban J connectivity index is 2.75. The highest BCUT2D eigenvalue weighted by Crippen LogP contribution is 2.24. The predicted octanol–water partition coefficient (Wildman–Crippen LogP) is 2.00. The number of hydrogen-bond donors (Lipinski definition) is 1. The summed E-state index contributed by atoms with van der Waals surface area (Å²) in [5.74, 6) is 0. The summed E-state index contributed by atoms with van der Waals surface area (Å²) in [4.78, 5) is 6.17. The maximum absolute atomic E-state index is 8.86. The van der Waals surface area contributed by atoms with Crippen molar-refractivity contribution in [3.8, 4) is 0 Å². The van der Waals surface area contributed by atoms with E-state index in [1.54, 1.807) is 5.38 Å². The van der Waals surface area contributed by atoms with Gasteiger partial charge in [0.15, 0.2) is 5.13 Å². The van der Waals surface area contributed by atoms with Crippen molar-refractivity contribution in [2.75, 3.05) is 18.1 Å². The average Bonchev–Trinajstić information content (AvgIpc) is 2.46. The molecule has 0 aliphatic carbocycles. The van der Waals surface area contributed by atoms with Crippen LogP contribution in [0.1, 0.15) is 13.8 Å². The second kappa shape index (κ2) is 4.79. The van der Waals surface area contributed by atoms with Gasteiger partial charge in [-0.1, -0.05) is 11.6 Å². The van der Waals surface area contributed by atoms with Gasteiger partial charge in [0.1, 0.15) is 5.15 Å². The van der Waals surface area contributed by atoms with E-state index in [0.717, 1.165) is 5.13 Å². The highest BCUT2D eigenvalue weighted by Gasteiger charge is 2.12. The van der Waals surface area contributed by atoms with Crippen LogP contribution in [0.4, 0.5) is 5.13 Å². The van der Waals surface area contributed by atoms with Crippen LogP contribution in [0.25, 0.3) is 0 Å². The Labute approximate surface area is 87.0 Å². The van der Waals surface area contributed by atoms with Crippen molar-refractivity contribution in [1.82, 2.24) is 4.98 Å². The van der Waals surface area contributed by atoms with Gasteiger partial charge in [-0.05, 0) is 13.8 Å². The van der Waals surface area contributed by atoms with E-state index in [2.05, 4.69) is 18.8 Å². The molecule has 0 bridgehead atoms. The SMILES string of the molecule is CC(C)N(CCO)c1nc(Cl)cs1. The van der Waals surface area contributed by atoms with E-state index in [-0.39, 0.29) is 6.61 Å². The van der Waals surface area contributed by atoms with Gasteiger partial charge in [-0.25, -0.2) is 4.98 Å². The first kappa shape index (κ1) is 10.8. The van der Waals surface area contributed by atoms with Crippen molar-refractivity contribution in [2.24, 2.45) is 0 Å². The summed E-state index contributed by atoms with van der Waals surface area (Å²) in [6.45, 7) is 4.85. The van der Waals surface area contributed by atoms with Crippen LogP contribution in [0.3, 0.4) is 0 Å². The summed E-state index contributed by atoms with van der Waals surface area (Å²) in [5, 5.41) is 12.0. The van der Waals surface area contributed by atoms with Crippen molar-refractivity contribution in [3.05, 3.63) is 10.5 Å². The summed E-state index contributed by atoms with van der Waals surface area (Å²) in [5.41, 5.74) is 0. The Hall–Kier alpha value is -0.320. The van der Waals surface area contributed by atoms with Gasteiger partial charge in [-0.2, -0.15) is 0 Å². The summed E-state index contributed by atoms with van der Waals surface area (Å²) >= 11 is 7.22. The first-order chi connectivity index (χ1) is 6.15. The lowest BCUT2D eigenvalue weighted by Crippen LogP contribution is -2.33. The largest absolute Gasteiger partial charge is 0.395 e. The Morgan fingerprint density at radius 1 is 1.69 bits per heavy atom. The topological polar surface area (TPSA) is 36.4 Å². The number of anilines is 1. The molecule has 0 radical (unpaired) electrons. The molecule has 13 heavy (non-hydrogen) atoms. The van der Waals surface area contributed by atoms with Gasteiger partial charge in [-0.15, -0.1) is 11.3 Å². The zero-order valence-corrected chi connectivity index (χ0v) is 9.27. The number of nitrogens with zero attached hydrogens (tertiary/aromatic N) is 2. The lowest BCUT2D eigenvalue weighted by atomic mass is 10.3. The average molecular weight is 221 g/mol. The van der Waals surface area contributed by atoms with Gasteiger partial charge >= 0.3 is 0 Å². The van der Waals surface area contributed by atoms with E-state index < -0.39 is 0 Å². The second-order valence-electron chi connectivity index (χ2n) is 2.96. The molecule has 0 amide bonds. The molecule has 3 nitrogen and oxygen atoms in total. The maximum Gasteiger partial charge on any atom is 0.187 e. The van der Waals surface area contributed by atoms with Gasteiger partial charge in [0.25, 0.3) is 0 Å². The standard InChI is InChI=1S/C8H13ClN2OS/c1-6(2)11(3-4-12)8-10-7(9)5-13-8/h5-6,12H,3-4H2,1-2H3. The van der Waals surface area contributed by atoms with Crippen LogP contribution < -0.4 is 4.90 Å². The van der Waals surface area contributed by atoms with Crippen molar-refractivity contribution in [3.63, 3.8) is 0 Å². The molecule has 0 atom stereocenters. The van der Waals surface area contributed by atoms with Crippen molar-refractivity contribution in [1.29, 1.82) is 0 Å². The van der Waals surface area contributed by atoms with Crippen molar-refractivity contribution >= 4 is 28.1 Å². The Kier molecular flexibility index (Phi) is 3.96. The number of aliphatic hydroxyl groups is 1. The quantitative estimate of drug-likeness (QED) is 0.844. The molecule has 0 spiro atoms. The normalized spacial score (nSPS) is 10.8. The Morgan fingerprint density at radius 2 is 2.38 bits per heavy atom. The van der Waals surface area contributed by atoms with Gasteiger partial charge in [0.2, 0.25) is 0 Å². The lowest BCUT2D eigenvalue weighted by molar-refractivity contribution is 0.299. The Morgan fingerprint density at radius 3 is 2.77 bits per heavy atom. The Bertz CT molecular complexity index is 264. The lowest BCUT2D eigenvalue weighted by Gasteiger charge is -2.24. The highest BCUT2D eigenvalue weighted by molar-refractivity contribution is 7.14. The summed E-state index contributed by atoms with van der Waals surface area (Å²) in [6, 6.07) is 0.328. The van der Waals surface area contributed by atoms with Crippen LogP contribution in [0, 0.1) is 0 Å². The fraction of sp³-hybridized carbons (Fsp3) is 0.625. The zero-order valence-electron chi connectivity index (χ0n) is 7.70. The number of hydrogen-bond acceptors (Lipinski definition) is 4. The molecule has 0 fully saturated rings. The van der Waals surface area contributed by atoms with Crippen LogP contribution in [0.2, 0.25) is 5.15 Å². The van der Waals surface area contributed by atoms with Gasteiger partial charge in [-0.3, -0.25) is 0 Å². The maximum atomic E-state index is 8.86. The summed E-state index contributed by atoms with van der Waals surface area (Å²) in [6.07, 6.45) is 0. The molecule has 1 heterocycles. The molecule has 5 heteroatoms. The van der Waals surface area contributed by atoms with E-state index in [1.165, 1.54) is 11.3 Å². The molecule has 0 aliphatic rings. The molecular weight excluding hydrogens is 208 g/mol. The minimum atomic E-state index is 0.134. The van der Waals surface area contributed by atoms with E-state index >= 15 is 0 Å². The van der Waals surface area contributed by atoms with Crippen LogP contribution in [0.5, 0.6) is 0 Å². The smallest absolute Gasteiger partial charge is 0.187 e. The van der Waals surface area contributed by atoms with Crippen LogP contribution in [0.15, 0.2) is 5.38 Å². The van der Waals surface area contributed by atoms with Gasteiger partial charge in [0, 0.05) is 18.0 Å². The number of aromatic nitrogens is 1. The molecule has 1 aromatic heterocycles. The third kappa shape index (κ3) is 2.83. The molecule has 0 aromatic carbocycles. The number of rotatable bonds is 4. The molecular formula is C8H13ClN2OS. The number of halogens is 1. The zero-order chi connectivity index (χ0) is 9.84. The fourth-order valence-corrected chi connectivity index (χ4v) is 2.17. The van der Waals surface area contributed by atoms with Crippen LogP contribution in [-0.2, 0) is 0 Å². The van der Waals surface area contributed by atoms with Crippen molar-refractivity contribution < 1.29 is 5.11 Å². The first-order valence-corrected chi connectivity index (χ1v) is 5.39. The molecule has 1 rings (SSSR count). The molecule has 1 aromatic rings. The first-order valence-electron chi connectivity index (χ1n) is 4.13. The molecule has 0 saturated heterocycles. The summed E-state index contributed by atoms with van der Waals surface area (Å²) < 4.78 is 0. The van der Waals surface area contributed by atoms with Crippen molar-refractivity contribution in [2.45, 2.75) is 19.9 Å². The van der Waals surface area contributed by atoms with Gasteiger partial charge < -0.3 is 10.0 Å². The predicted molar refractivity (Wildman–Crippen MR) is 56.7 cm³/mol. The van der Waals surface area contributed by atoms with Crippen LogP contribution >= 0.6 is 22.9 Å². The van der Waals surface area contributed by atoms with Gasteiger partial charge in [0.05, 0.1) is 6.61 Å². The molecule has 0 aliphatic heterocycles. The third-order valence-corrected chi connectivity index (χ3v) is 2.87. The minimum absolute atomic E-state index is 0.134. The second-order valence-corrected chi connectivity index (χ2v) is 4.19. The van der Waals surface area contributed by atoms with Crippen LogP contribution in [-0.4, -0.2) is 29.3 Å². The molecule has 0 saturated carbocycles. The minimum Gasteiger partial charge on any atom is -0.395 e. The summed E-state index contributed by atoms with van der Waals surface area (Å²) in [7, 11) is 0. The molecule has 1 N–H and O–H groups in total. The van der Waals surface area contributed by atoms with E-state index in [4.69, 9.17) is 16.7 Å². The molecule has 74 valence electrons. The third-order valence-electron chi connectivity index (χ3n) is 1.67. The number of aliphatic hydroxyl groups excluding tert-OH is 1. The highest BCUT2D eigenvalue weighted by atomic mass is 35.5. The van der Waals surface area contributed by atoms with E-state index in [1.807, 2.05) is 4.90 Å². The number of thiazole rings is 1. The molecule has 0 unspecified atom stereocenters. The monoisotopic (exact) mass is 220 g/mol. The van der Waals surface area contributed by atoms with E-state index in [0.29, 0.717) is 17.7 Å². The van der Waals surface area contributed by atoms with E-state index in [9.17, 15) is 0 Å².